The zero-order chi connectivity index (χ0) is 12.9. The molecule has 1 atom stereocenters. The van der Waals surface area contributed by atoms with Crippen LogP contribution in [0.4, 0.5) is 8.78 Å². The van der Waals surface area contributed by atoms with Crippen molar-refractivity contribution in [2.24, 2.45) is 5.92 Å². The standard InChI is InChI=1S/C9H16F2O4S/c1-6(2)5-7(9(12)13)16(14,15)4-3-8(10)11/h6-8H,3-5H2,1-2H3,(H,12,13). The van der Waals surface area contributed by atoms with Crippen molar-refractivity contribution in [1.29, 1.82) is 0 Å². The van der Waals surface area contributed by atoms with Gasteiger partial charge in [-0.15, -0.1) is 0 Å². The molecule has 0 aliphatic carbocycles. The predicted octanol–water partition coefficient (Wildman–Crippen LogP) is 1.56. The van der Waals surface area contributed by atoms with Crippen LogP contribution in [0.15, 0.2) is 0 Å². The van der Waals surface area contributed by atoms with Gasteiger partial charge >= 0.3 is 5.97 Å². The molecule has 0 heterocycles. The normalized spacial score (nSPS) is 14.4. The van der Waals surface area contributed by atoms with Crippen molar-refractivity contribution >= 4 is 15.8 Å². The van der Waals surface area contributed by atoms with E-state index in [0.29, 0.717) is 0 Å². The number of rotatable bonds is 7. The first-order chi connectivity index (χ1) is 7.16. The summed E-state index contributed by atoms with van der Waals surface area (Å²) in [5.41, 5.74) is 0. The lowest BCUT2D eigenvalue weighted by molar-refractivity contribution is -0.136. The Kier molecular flexibility index (Phi) is 5.85. The van der Waals surface area contributed by atoms with Crippen molar-refractivity contribution in [3.05, 3.63) is 0 Å². The van der Waals surface area contributed by atoms with E-state index in [2.05, 4.69) is 0 Å². The van der Waals surface area contributed by atoms with Crippen molar-refractivity contribution in [1.82, 2.24) is 0 Å². The Morgan fingerprint density at radius 2 is 1.81 bits per heavy atom. The lowest BCUT2D eigenvalue weighted by Gasteiger charge is -2.15. The topological polar surface area (TPSA) is 71.4 Å². The summed E-state index contributed by atoms with van der Waals surface area (Å²) < 4.78 is 46.8. The molecule has 0 aromatic carbocycles. The maximum Gasteiger partial charge on any atom is 0.321 e. The van der Waals surface area contributed by atoms with E-state index in [4.69, 9.17) is 5.11 Å². The average molecular weight is 258 g/mol. The van der Waals surface area contributed by atoms with Gasteiger partial charge in [0.15, 0.2) is 15.1 Å². The summed E-state index contributed by atoms with van der Waals surface area (Å²) in [7, 11) is -3.99. The molecule has 0 fully saturated rings. The second-order valence-electron chi connectivity index (χ2n) is 4.00. The zero-order valence-electron chi connectivity index (χ0n) is 9.19. The summed E-state index contributed by atoms with van der Waals surface area (Å²) in [5, 5.41) is 7.18. The summed E-state index contributed by atoms with van der Waals surface area (Å²) >= 11 is 0. The number of aliphatic carboxylic acids is 1. The number of hydrogen-bond donors (Lipinski definition) is 1. The zero-order valence-corrected chi connectivity index (χ0v) is 10.0. The monoisotopic (exact) mass is 258 g/mol. The fraction of sp³-hybridized carbons (Fsp3) is 0.889. The number of sulfone groups is 1. The van der Waals surface area contributed by atoms with Crippen LogP contribution in [0, 0.1) is 5.92 Å². The van der Waals surface area contributed by atoms with Crippen molar-refractivity contribution in [3.63, 3.8) is 0 Å². The molecule has 1 N–H and O–H groups in total. The van der Waals surface area contributed by atoms with Crippen LogP contribution in [-0.2, 0) is 14.6 Å². The van der Waals surface area contributed by atoms with Crippen LogP contribution in [0.3, 0.4) is 0 Å². The molecule has 0 saturated carbocycles. The number of carbonyl (C=O) groups is 1. The summed E-state index contributed by atoms with van der Waals surface area (Å²) in [4.78, 5) is 10.8. The lowest BCUT2D eigenvalue weighted by Crippen LogP contribution is -2.33. The third kappa shape index (κ3) is 5.39. The Morgan fingerprint density at radius 3 is 2.12 bits per heavy atom. The van der Waals surface area contributed by atoms with Crippen LogP contribution in [0.1, 0.15) is 26.7 Å². The van der Waals surface area contributed by atoms with Crippen molar-refractivity contribution in [2.75, 3.05) is 5.75 Å². The first-order valence-corrected chi connectivity index (χ1v) is 6.61. The van der Waals surface area contributed by atoms with E-state index in [0.717, 1.165) is 0 Å². The van der Waals surface area contributed by atoms with Gasteiger partial charge in [-0.3, -0.25) is 4.79 Å². The maximum absolute atomic E-state index is 11.9. The van der Waals surface area contributed by atoms with Gasteiger partial charge < -0.3 is 5.11 Å². The quantitative estimate of drug-likeness (QED) is 0.752. The molecule has 96 valence electrons. The molecular formula is C9H16F2O4S. The Hall–Kier alpha value is -0.720. The molecule has 1 unspecified atom stereocenters. The van der Waals surface area contributed by atoms with Gasteiger partial charge in [0.05, 0.1) is 5.75 Å². The first kappa shape index (κ1) is 15.3. The Bertz CT molecular complexity index is 324. The van der Waals surface area contributed by atoms with Crippen LogP contribution >= 0.6 is 0 Å². The molecule has 0 aromatic rings. The van der Waals surface area contributed by atoms with E-state index in [9.17, 15) is 22.0 Å². The minimum Gasteiger partial charge on any atom is -0.480 e. The molecule has 0 aliphatic heterocycles. The van der Waals surface area contributed by atoms with Gasteiger partial charge in [0, 0.05) is 6.42 Å². The number of hydrogen-bond acceptors (Lipinski definition) is 3. The molecule has 0 saturated heterocycles. The van der Waals surface area contributed by atoms with Crippen LogP contribution in [0.25, 0.3) is 0 Å². The highest BCUT2D eigenvalue weighted by Gasteiger charge is 2.33. The second kappa shape index (κ2) is 6.12. The van der Waals surface area contributed by atoms with Gasteiger partial charge in [0.25, 0.3) is 0 Å². The number of halogens is 2. The molecule has 0 rings (SSSR count). The smallest absolute Gasteiger partial charge is 0.321 e. The molecule has 7 heteroatoms. The SMILES string of the molecule is CC(C)CC(C(=O)O)S(=O)(=O)CCC(F)F. The summed E-state index contributed by atoms with van der Waals surface area (Å²) in [6.07, 6.45) is -3.60. The van der Waals surface area contributed by atoms with Gasteiger partial charge in [-0.25, -0.2) is 17.2 Å². The van der Waals surface area contributed by atoms with Crippen LogP contribution < -0.4 is 0 Å². The summed E-state index contributed by atoms with van der Waals surface area (Å²) in [6, 6.07) is 0. The van der Waals surface area contributed by atoms with Gasteiger partial charge in [-0.05, 0) is 12.3 Å². The van der Waals surface area contributed by atoms with Gasteiger partial charge in [0.2, 0.25) is 6.43 Å². The van der Waals surface area contributed by atoms with Crippen molar-refractivity contribution in [3.8, 4) is 0 Å². The van der Waals surface area contributed by atoms with Gasteiger partial charge in [-0.2, -0.15) is 0 Å². The lowest BCUT2D eigenvalue weighted by atomic mass is 10.1. The van der Waals surface area contributed by atoms with E-state index in [1.54, 1.807) is 13.8 Å². The summed E-state index contributed by atoms with van der Waals surface area (Å²) in [5.74, 6) is -2.38. The molecule has 4 nitrogen and oxygen atoms in total. The molecule has 16 heavy (non-hydrogen) atoms. The molecular weight excluding hydrogens is 242 g/mol. The molecule has 0 aliphatic rings. The highest BCUT2D eigenvalue weighted by atomic mass is 32.2. The third-order valence-corrected chi connectivity index (χ3v) is 4.08. The second-order valence-corrected chi connectivity index (χ2v) is 6.31. The Labute approximate surface area is 93.6 Å². The first-order valence-electron chi connectivity index (χ1n) is 4.89. The van der Waals surface area contributed by atoms with Crippen molar-refractivity contribution in [2.45, 2.75) is 38.4 Å². The molecule has 0 radical (unpaired) electrons. The minimum absolute atomic E-state index is 0.0547. The largest absolute Gasteiger partial charge is 0.480 e. The van der Waals surface area contributed by atoms with Crippen LogP contribution in [0.5, 0.6) is 0 Å². The minimum atomic E-state index is -3.99. The Balaban J connectivity index is 4.70. The fourth-order valence-electron chi connectivity index (χ4n) is 1.22. The molecule has 0 bridgehead atoms. The number of alkyl halides is 2. The van der Waals surface area contributed by atoms with Crippen LogP contribution in [-0.4, -0.2) is 36.9 Å². The molecule has 0 amide bonds. The highest BCUT2D eigenvalue weighted by molar-refractivity contribution is 7.92. The maximum atomic E-state index is 11.9. The van der Waals surface area contributed by atoms with E-state index < -0.39 is 39.7 Å². The number of carboxylic acids is 1. The van der Waals surface area contributed by atoms with Crippen molar-refractivity contribution < 1.29 is 27.1 Å². The molecule has 0 aromatic heterocycles. The van der Waals surface area contributed by atoms with E-state index >= 15 is 0 Å². The predicted molar refractivity (Wildman–Crippen MR) is 55.3 cm³/mol. The van der Waals surface area contributed by atoms with E-state index in [1.807, 2.05) is 0 Å². The van der Waals surface area contributed by atoms with E-state index in [1.165, 1.54) is 0 Å². The number of carboxylic acid groups (broad SMARTS) is 1. The van der Waals surface area contributed by atoms with Gasteiger partial charge in [0.1, 0.15) is 0 Å². The van der Waals surface area contributed by atoms with Crippen LogP contribution in [0.2, 0.25) is 0 Å². The highest BCUT2D eigenvalue weighted by Crippen LogP contribution is 2.16. The third-order valence-electron chi connectivity index (χ3n) is 2.01. The summed E-state index contributed by atoms with van der Waals surface area (Å²) in [6.45, 7) is 3.36. The fourth-order valence-corrected chi connectivity index (χ4v) is 3.00. The molecule has 0 spiro atoms. The van der Waals surface area contributed by atoms with E-state index in [-0.39, 0.29) is 12.3 Å². The van der Waals surface area contributed by atoms with Gasteiger partial charge in [-0.1, -0.05) is 13.8 Å². The average Bonchev–Trinajstić information content (AvgIpc) is 2.10. The Morgan fingerprint density at radius 1 is 1.31 bits per heavy atom.